The van der Waals surface area contributed by atoms with Gasteiger partial charge in [-0.1, -0.05) is 39.5 Å². The average molecular weight is 253 g/mol. The molecule has 0 radical (unpaired) electrons. The normalized spacial score (nSPS) is 14.2. The van der Waals surface area contributed by atoms with E-state index >= 15 is 0 Å². The van der Waals surface area contributed by atoms with Crippen LogP contribution in [0.25, 0.3) is 10.1 Å². The lowest BCUT2D eigenvalue weighted by atomic mass is 9.94. The van der Waals surface area contributed by atoms with E-state index in [-0.39, 0.29) is 0 Å². The summed E-state index contributed by atoms with van der Waals surface area (Å²) >= 11 is 3.49. The second-order valence-electron chi connectivity index (χ2n) is 4.42. The van der Waals surface area contributed by atoms with Crippen molar-refractivity contribution in [1.29, 1.82) is 0 Å². The van der Waals surface area contributed by atoms with Crippen LogP contribution >= 0.6 is 22.7 Å². The first-order valence-electron chi connectivity index (χ1n) is 6.71. The van der Waals surface area contributed by atoms with Crippen LogP contribution in [0.3, 0.4) is 0 Å². The molecule has 0 spiro atoms. The molecule has 0 saturated heterocycles. The third-order valence-electron chi connectivity index (χ3n) is 3.26. The second kappa shape index (κ2) is 5.83. The molecule has 88 valence electrons. The fraction of sp³-hybridized carbons (Fsp3) is 0.571. The summed E-state index contributed by atoms with van der Waals surface area (Å²) in [6.45, 7) is 4.57. The minimum Gasteiger partial charge on any atom is -0.147 e. The summed E-state index contributed by atoms with van der Waals surface area (Å²) in [6, 6.07) is 2.04. The van der Waals surface area contributed by atoms with E-state index in [0.29, 0.717) is 5.36 Å². The number of hydrogen-bond acceptors (Lipinski definition) is 2. The molecule has 0 bridgehead atoms. The van der Waals surface area contributed by atoms with Gasteiger partial charge in [-0.15, -0.1) is 22.7 Å². The quantitative estimate of drug-likeness (QED) is 0.617. The van der Waals surface area contributed by atoms with Gasteiger partial charge in [0.1, 0.15) is 0 Å². The van der Waals surface area contributed by atoms with Gasteiger partial charge in [-0.3, -0.25) is 0 Å². The van der Waals surface area contributed by atoms with Crippen LogP contribution in [0, 0.1) is 5.92 Å². The van der Waals surface area contributed by atoms with Gasteiger partial charge in [0.2, 0.25) is 0 Å². The molecule has 0 fully saturated rings. The molecule has 0 aliphatic heterocycles. The first-order chi connectivity index (χ1) is 8.24. The van der Waals surface area contributed by atoms with Gasteiger partial charge in [-0.2, -0.15) is 0 Å². The summed E-state index contributed by atoms with van der Waals surface area (Å²) in [4.78, 5) is 1.50. The first-order valence-corrected chi connectivity index (χ1v) is 7.90. The standard InChI is InChI=1S/C14H20S2/c1-3-5-6-11(4-2)9-13-12-7-8-15-14(12)10-16-13/h7-8,10-11H,3-6,9H2,1-2H3/i8D. The molecular weight excluding hydrogens is 232 g/mol. The Hall–Kier alpha value is -0.340. The number of hydrogen-bond donors (Lipinski definition) is 0. The highest BCUT2D eigenvalue weighted by Gasteiger charge is 2.11. The molecule has 0 N–H and O–H groups in total. The highest BCUT2D eigenvalue weighted by Crippen LogP contribution is 2.33. The van der Waals surface area contributed by atoms with Gasteiger partial charge < -0.3 is 0 Å². The van der Waals surface area contributed by atoms with Crippen molar-refractivity contribution in [1.82, 2.24) is 0 Å². The monoisotopic (exact) mass is 253 g/mol. The Kier molecular flexibility index (Phi) is 3.93. The Morgan fingerprint density at radius 2 is 2.25 bits per heavy atom. The molecule has 0 saturated carbocycles. The molecule has 0 aromatic carbocycles. The number of unbranched alkanes of at least 4 members (excludes halogenated alkanes) is 1. The van der Waals surface area contributed by atoms with E-state index in [1.165, 1.54) is 47.1 Å². The molecule has 0 aliphatic carbocycles. The maximum Gasteiger partial charge on any atom is 0.0740 e. The van der Waals surface area contributed by atoms with Crippen molar-refractivity contribution in [2.45, 2.75) is 46.0 Å². The van der Waals surface area contributed by atoms with E-state index in [0.717, 1.165) is 5.92 Å². The summed E-state index contributed by atoms with van der Waals surface area (Å²) in [5.41, 5.74) is 0. The van der Waals surface area contributed by atoms with E-state index in [9.17, 15) is 0 Å². The van der Waals surface area contributed by atoms with Crippen molar-refractivity contribution < 1.29 is 1.37 Å². The fourth-order valence-electron chi connectivity index (χ4n) is 2.14. The van der Waals surface area contributed by atoms with E-state index in [1.807, 2.05) is 17.4 Å². The van der Waals surface area contributed by atoms with Gasteiger partial charge in [0.05, 0.1) is 1.37 Å². The van der Waals surface area contributed by atoms with Crippen molar-refractivity contribution in [2.75, 3.05) is 0 Å². The molecular formula is C14H20S2. The minimum atomic E-state index is 0.700. The van der Waals surface area contributed by atoms with Gasteiger partial charge in [0, 0.05) is 20.3 Å². The van der Waals surface area contributed by atoms with Crippen molar-refractivity contribution in [3.05, 3.63) is 21.7 Å². The fourth-order valence-corrected chi connectivity index (χ4v) is 4.14. The van der Waals surface area contributed by atoms with Gasteiger partial charge in [-0.25, -0.2) is 0 Å². The number of rotatable bonds is 6. The zero-order chi connectivity index (χ0) is 12.3. The Labute approximate surface area is 108 Å². The van der Waals surface area contributed by atoms with Gasteiger partial charge in [-0.05, 0) is 23.8 Å². The maximum atomic E-state index is 7.70. The van der Waals surface area contributed by atoms with Gasteiger partial charge in [0.25, 0.3) is 0 Å². The summed E-state index contributed by atoms with van der Waals surface area (Å²) in [5.74, 6) is 0.825. The number of fused-ring (bicyclic) bond motifs is 1. The zero-order valence-electron chi connectivity index (χ0n) is 11.1. The highest BCUT2D eigenvalue weighted by molar-refractivity contribution is 7.22. The Morgan fingerprint density at radius 3 is 3.00 bits per heavy atom. The average Bonchev–Trinajstić information content (AvgIpc) is 2.84. The van der Waals surface area contributed by atoms with Gasteiger partial charge in [0.15, 0.2) is 0 Å². The predicted molar refractivity (Wildman–Crippen MR) is 76.7 cm³/mol. The molecule has 2 rings (SSSR count). The summed E-state index contributed by atoms with van der Waals surface area (Å²) in [5, 5.41) is 4.27. The molecule has 16 heavy (non-hydrogen) atoms. The highest BCUT2D eigenvalue weighted by atomic mass is 32.1. The van der Waals surface area contributed by atoms with Crippen LogP contribution in [0.5, 0.6) is 0 Å². The van der Waals surface area contributed by atoms with E-state index in [4.69, 9.17) is 1.37 Å². The van der Waals surface area contributed by atoms with E-state index in [1.54, 1.807) is 11.3 Å². The van der Waals surface area contributed by atoms with Crippen LogP contribution in [0.15, 0.2) is 16.8 Å². The molecule has 2 heterocycles. The number of thiophene rings is 2. The lowest BCUT2D eigenvalue weighted by molar-refractivity contribution is 0.453. The van der Waals surface area contributed by atoms with Crippen LogP contribution in [-0.4, -0.2) is 0 Å². The maximum absolute atomic E-state index is 7.70. The van der Waals surface area contributed by atoms with Crippen molar-refractivity contribution in [2.24, 2.45) is 5.92 Å². The third kappa shape index (κ3) is 2.67. The van der Waals surface area contributed by atoms with E-state index in [2.05, 4.69) is 19.2 Å². The van der Waals surface area contributed by atoms with Crippen LogP contribution in [0.1, 0.15) is 45.8 Å². The van der Waals surface area contributed by atoms with Crippen molar-refractivity contribution >= 4 is 32.8 Å². The molecule has 0 nitrogen and oxygen atoms in total. The summed E-state index contributed by atoms with van der Waals surface area (Å²) < 4.78 is 9.00. The lowest BCUT2D eigenvalue weighted by Gasteiger charge is -2.13. The summed E-state index contributed by atoms with van der Waals surface area (Å²) in [7, 11) is 0. The third-order valence-corrected chi connectivity index (χ3v) is 5.23. The smallest absolute Gasteiger partial charge is 0.0740 e. The molecule has 1 unspecified atom stereocenters. The van der Waals surface area contributed by atoms with Crippen LogP contribution in [0.2, 0.25) is 0 Å². The molecule has 0 amide bonds. The molecule has 2 aromatic heterocycles. The SMILES string of the molecule is [2H]c1cc2c(CC(CC)CCCC)scc2s1. The van der Waals surface area contributed by atoms with Crippen molar-refractivity contribution in [3.63, 3.8) is 0 Å². The Balaban J connectivity index is 2.10. The molecule has 2 aromatic rings. The molecule has 2 heteroatoms. The first kappa shape index (κ1) is 10.8. The summed E-state index contributed by atoms with van der Waals surface area (Å²) in [6.07, 6.45) is 6.48. The Bertz CT molecular complexity index is 469. The second-order valence-corrected chi connectivity index (χ2v) is 6.27. The van der Waals surface area contributed by atoms with Crippen LogP contribution in [0.4, 0.5) is 0 Å². The zero-order valence-corrected chi connectivity index (χ0v) is 11.7. The minimum absolute atomic E-state index is 0.700. The van der Waals surface area contributed by atoms with Crippen LogP contribution < -0.4 is 0 Å². The predicted octanol–water partition coefficient (Wildman–Crippen LogP) is 5.72. The molecule has 1 atom stereocenters. The van der Waals surface area contributed by atoms with Gasteiger partial charge >= 0.3 is 0 Å². The van der Waals surface area contributed by atoms with Crippen molar-refractivity contribution in [3.8, 4) is 0 Å². The topological polar surface area (TPSA) is 0 Å². The molecule has 0 aliphatic rings. The lowest BCUT2D eigenvalue weighted by Crippen LogP contribution is -2.02. The largest absolute Gasteiger partial charge is 0.147 e. The van der Waals surface area contributed by atoms with Crippen LogP contribution in [-0.2, 0) is 6.42 Å². The van der Waals surface area contributed by atoms with E-state index < -0.39 is 0 Å². The Morgan fingerprint density at radius 1 is 1.38 bits per heavy atom.